The van der Waals surface area contributed by atoms with Crippen LogP contribution in [0, 0.1) is 11.6 Å². The van der Waals surface area contributed by atoms with Crippen LogP contribution in [-0.2, 0) is 4.79 Å². The van der Waals surface area contributed by atoms with Crippen molar-refractivity contribution in [2.24, 2.45) is 0 Å². The summed E-state index contributed by atoms with van der Waals surface area (Å²) in [6.07, 6.45) is 0. The number of rotatable bonds is 5. The molecule has 3 aromatic carbocycles. The Hall–Kier alpha value is -3.82. The molecule has 3 N–H and O–H groups in total. The monoisotopic (exact) mass is 498 g/mol. The topological polar surface area (TPSA) is 83.1 Å². The van der Waals surface area contributed by atoms with E-state index in [4.69, 9.17) is 11.6 Å². The number of hydrogen-bond donors (Lipinski definition) is 3. The molecule has 0 fully saturated rings. The number of anilines is 3. The van der Waals surface area contributed by atoms with Crippen molar-refractivity contribution in [1.29, 1.82) is 0 Å². The lowest BCUT2D eigenvalue weighted by atomic mass is 10.1. The Bertz CT molecular complexity index is 1360. The highest BCUT2D eigenvalue weighted by molar-refractivity contribution is 7.19. The molecule has 1 aromatic heterocycles. The van der Waals surface area contributed by atoms with E-state index in [2.05, 4.69) is 20.9 Å². The number of thiazole rings is 1. The Kier molecular flexibility index (Phi) is 6.85. The van der Waals surface area contributed by atoms with Crippen LogP contribution >= 0.6 is 22.9 Å². The Morgan fingerprint density at radius 1 is 0.882 bits per heavy atom. The van der Waals surface area contributed by atoms with E-state index in [1.807, 2.05) is 24.3 Å². The van der Waals surface area contributed by atoms with Gasteiger partial charge in [0.1, 0.15) is 11.6 Å². The van der Waals surface area contributed by atoms with Crippen LogP contribution in [0.15, 0.2) is 66.7 Å². The van der Waals surface area contributed by atoms with Crippen molar-refractivity contribution in [2.45, 2.75) is 6.92 Å². The summed E-state index contributed by atoms with van der Waals surface area (Å²) in [6, 6.07) is 16.4. The van der Waals surface area contributed by atoms with Gasteiger partial charge in [-0.05, 0) is 42.0 Å². The van der Waals surface area contributed by atoms with Crippen LogP contribution in [0.1, 0.15) is 6.92 Å². The fourth-order valence-corrected chi connectivity index (χ4v) is 4.24. The summed E-state index contributed by atoms with van der Waals surface area (Å²) in [5, 5.41) is 8.49. The van der Waals surface area contributed by atoms with E-state index < -0.39 is 17.7 Å². The molecule has 0 saturated carbocycles. The minimum absolute atomic E-state index is 0.165. The van der Waals surface area contributed by atoms with Crippen LogP contribution in [-0.4, -0.2) is 16.9 Å². The number of benzene rings is 3. The number of hydrogen-bond acceptors (Lipinski definition) is 4. The summed E-state index contributed by atoms with van der Waals surface area (Å²) in [5.74, 6) is -1.82. The van der Waals surface area contributed by atoms with Gasteiger partial charge in [0.25, 0.3) is 0 Å². The number of aromatic nitrogens is 1. The number of carbonyl (C=O) groups excluding carboxylic acids is 2. The van der Waals surface area contributed by atoms with Gasteiger partial charge in [-0.2, -0.15) is 0 Å². The van der Waals surface area contributed by atoms with E-state index in [9.17, 15) is 18.4 Å². The number of amides is 3. The second-order valence-corrected chi connectivity index (χ2v) is 8.60. The van der Waals surface area contributed by atoms with Crippen molar-refractivity contribution in [3.8, 4) is 21.7 Å². The highest BCUT2D eigenvalue weighted by atomic mass is 35.5. The van der Waals surface area contributed by atoms with Gasteiger partial charge in [-0.3, -0.25) is 10.1 Å². The molecule has 10 heteroatoms. The van der Waals surface area contributed by atoms with Crippen LogP contribution in [0.5, 0.6) is 0 Å². The Balaban J connectivity index is 1.64. The van der Waals surface area contributed by atoms with E-state index in [1.54, 1.807) is 24.3 Å². The van der Waals surface area contributed by atoms with Crippen LogP contribution < -0.4 is 16.0 Å². The lowest BCUT2D eigenvalue weighted by Gasteiger charge is -2.06. The Morgan fingerprint density at radius 2 is 1.56 bits per heavy atom. The van der Waals surface area contributed by atoms with Crippen LogP contribution in [0.25, 0.3) is 21.7 Å². The normalized spacial score (nSPS) is 10.6. The molecule has 6 nitrogen and oxygen atoms in total. The quantitative estimate of drug-likeness (QED) is 0.277. The number of carbonyl (C=O) groups is 2. The zero-order valence-corrected chi connectivity index (χ0v) is 19.2. The highest BCUT2D eigenvalue weighted by Gasteiger charge is 2.17. The summed E-state index contributed by atoms with van der Waals surface area (Å²) in [5.41, 5.74) is 2.68. The number of halogens is 3. The summed E-state index contributed by atoms with van der Waals surface area (Å²) in [4.78, 5) is 29.0. The lowest BCUT2D eigenvalue weighted by Crippen LogP contribution is -2.20. The third-order valence-corrected chi connectivity index (χ3v) is 5.88. The summed E-state index contributed by atoms with van der Waals surface area (Å²) < 4.78 is 27.0. The van der Waals surface area contributed by atoms with Gasteiger partial charge in [0.05, 0.1) is 16.3 Å². The molecule has 34 heavy (non-hydrogen) atoms. The standard InChI is InChI=1S/C24H17ClF2N4O2S/c1-13(32)28-18-9-4-15(5-10-18)22-21(14-2-6-16(25)7-3-14)30-24(34-22)31-23(33)29-20-11-8-17(26)12-19(20)27/h2-12H,1H3,(H,28,32)(H2,29,30,31,33). The van der Waals surface area contributed by atoms with Crippen molar-refractivity contribution in [3.63, 3.8) is 0 Å². The van der Waals surface area contributed by atoms with Gasteiger partial charge in [-0.1, -0.05) is 47.2 Å². The first kappa shape index (κ1) is 23.3. The molecule has 0 aliphatic heterocycles. The summed E-state index contributed by atoms with van der Waals surface area (Å²) in [7, 11) is 0. The van der Waals surface area contributed by atoms with Gasteiger partial charge in [0, 0.05) is 29.3 Å². The van der Waals surface area contributed by atoms with Crippen LogP contribution in [0.4, 0.5) is 30.1 Å². The lowest BCUT2D eigenvalue weighted by molar-refractivity contribution is -0.114. The molecule has 172 valence electrons. The zero-order chi connectivity index (χ0) is 24.2. The molecule has 0 spiro atoms. The number of urea groups is 1. The molecule has 0 radical (unpaired) electrons. The molecule has 0 saturated heterocycles. The van der Waals surface area contributed by atoms with Gasteiger partial charge >= 0.3 is 6.03 Å². The number of nitrogens with one attached hydrogen (secondary N) is 3. The first-order valence-corrected chi connectivity index (χ1v) is 11.2. The van der Waals surface area contributed by atoms with Gasteiger partial charge in [0.2, 0.25) is 5.91 Å². The Labute approximate surface area is 202 Å². The molecule has 3 amide bonds. The average Bonchev–Trinajstić information content (AvgIpc) is 3.20. The maximum absolute atomic E-state index is 13.9. The fraction of sp³-hybridized carbons (Fsp3) is 0.0417. The zero-order valence-electron chi connectivity index (χ0n) is 17.7. The van der Waals surface area contributed by atoms with Gasteiger partial charge in [0.15, 0.2) is 5.13 Å². The van der Waals surface area contributed by atoms with Crippen molar-refractivity contribution < 1.29 is 18.4 Å². The second-order valence-electron chi connectivity index (χ2n) is 7.17. The third-order valence-electron chi connectivity index (χ3n) is 4.61. The smallest absolute Gasteiger partial charge is 0.325 e. The molecule has 4 aromatic rings. The molecule has 0 atom stereocenters. The average molecular weight is 499 g/mol. The highest BCUT2D eigenvalue weighted by Crippen LogP contribution is 2.39. The summed E-state index contributed by atoms with van der Waals surface area (Å²) >= 11 is 7.24. The predicted molar refractivity (Wildman–Crippen MR) is 131 cm³/mol. The fourth-order valence-electron chi connectivity index (χ4n) is 3.12. The van der Waals surface area contributed by atoms with Gasteiger partial charge in [-0.15, -0.1) is 0 Å². The minimum Gasteiger partial charge on any atom is -0.326 e. The predicted octanol–water partition coefficient (Wildman–Crippen LogP) is 7.01. The molecule has 1 heterocycles. The van der Waals surface area contributed by atoms with Crippen molar-refractivity contribution in [2.75, 3.05) is 16.0 Å². The van der Waals surface area contributed by atoms with Gasteiger partial charge in [-0.25, -0.2) is 18.6 Å². The maximum atomic E-state index is 13.9. The molecule has 0 aliphatic rings. The molecule has 0 unspecified atom stereocenters. The van der Waals surface area contributed by atoms with E-state index in [-0.39, 0.29) is 16.7 Å². The largest absolute Gasteiger partial charge is 0.326 e. The SMILES string of the molecule is CC(=O)Nc1ccc(-c2sc(NC(=O)Nc3ccc(F)cc3F)nc2-c2ccc(Cl)cc2)cc1. The van der Waals surface area contributed by atoms with E-state index in [0.29, 0.717) is 22.5 Å². The first-order chi connectivity index (χ1) is 16.3. The second kappa shape index (κ2) is 9.98. The van der Waals surface area contributed by atoms with E-state index >= 15 is 0 Å². The third kappa shape index (κ3) is 5.56. The van der Waals surface area contributed by atoms with Crippen LogP contribution in [0.2, 0.25) is 5.02 Å². The van der Waals surface area contributed by atoms with Crippen LogP contribution in [0.3, 0.4) is 0 Å². The maximum Gasteiger partial charge on any atom is 0.325 e. The van der Waals surface area contributed by atoms with Crippen molar-refractivity contribution in [1.82, 2.24) is 4.98 Å². The first-order valence-electron chi connectivity index (χ1n) is 9.96. The number of nitrogens with zero attached hydrogens (tertiary/aromatic N) is 1. The molecule has 4 rings (SSSR count). The van der Waals surface area contributed by atoms with Gasteiger partial charge < -0.3 is 10.6 Å². The van der Waals surface area contributed by atoms with E-state index in [1.165, 1.54) is 18.3 Å². The molecular formula is C24H17ClF2N4O2S. The summed E-state index contributed by atoms with van der Waals surface area (Å²) in [6.45, 7) is 1.43. The van der Waals surface area contributed by atoms with Crippen molar-refractivity contribution >= 4 is 51.4 Å². The van der Waals surface area contributed by atoms with Crippen molar-refractivity contribution in [3.05, 3.63) is 83.4 Å². The molecular weight excluding hydrogens is 482 g/mol. The van der Waals surface area contributed by atoms with E-state index in [0.717, 1.165) is 28.1 Å². The molecule has 0 aliphatic carbocycles. The minimum atomic E-state index is -0.893. The molecule has 0 bridgehead atoms. The Morgan fingerprint density at radius 3 is 2.21 bits per heavy atom.